The van der Waals surface area contributed by atoms with Gasteiger partial charge >= 0.3 is 0 Å². The number of para-hydroxylation sites is 2. The molecule has 4 rings (SSSR count). The molecule has 0 bridgehead atoms. The number of carbonyl (C=O) groups excluding carboxylic acids is 1. The van der Waals surface area contributed by atoms with Crippen LogP contribution < -0.4 is 25.4 Å². The van der Waals surface area contributed by atoms with E-state index in [1.54, 1.807) is 14.2 Å². The van der Waals surface area contributed by atoms with Gasteiger partial charge in [-0.1, -0.05) is 48.5 Å². The lowest BCUT2D eigenvalue weighted by atomic mass is 10.1. The Morgan fingerprint density at radius 1 is 0.757 bits per heavy atom. The number of hydrogen-bond acceptors (Lipinski definition) is 5. The topological polar surface area (TPSA) is 71.6 Å². The predicted octanol–water partition coefficient (Wildman–Crippen LogP) is 6.98. The smallest absolute Gasteiger partial charge is 0.242 e. The van der Waals surface area contributed by atoms with Crippen LogP contribution in [0.3, 0.4) is 0 Å². The van der Waals surface area contributed by atoms with E-state index in [9.17, 15) is 4.79 Å². The minimum Gasteiger partial charge on any atom is -0.497 e. The van der Waals surface area contributed by atoms with Crippen LogP contribution in [0.1, 0.15) is 10.8 Å². The quantitative estimate of drug-likeness (QED) is 0.159. The van der Waals surface area contributed by atoms with Gasteiger partial charge in [-0.25, -0.2) is 0 Å². The van der Waals surface area contributed by atoms with Gasteiger partial charge in [-0.2, -0.15) is 0 Å². The molecule has 188 valence electrons. The van der Waals surface area contributed by atoms with Crippen LogP contribution in [0.5, 0.6) is 11.5 Å². The first kappa shape index (κ1) is 26.1. The highest BCUT2D eigenvalue weighted by molar-refractivity contribution is 8.00. The van der Waals surface area contributed by atoms with Crippen molar-refractivity contribution in [1.29, 1.82) is 0 Å². The maximum atomic E-state index is 13.4. The van der Waals surface area contributed by atoms with Crippen molar-refractivity contribution in [1.82, 2.24) is 0 Å². The molecule has 0 saturated heterocycles. The van der Waals surface area contributed by atoms with Gasteiger partial charge in [-0.05, 0) is 72.4 Å². The molecule has 4 aromatic carbocycles. The van der Waals surface area contributed by atoms with Gasteiger partial charge in [0.15, 0.2) is 5.11 Å². The summed E-state index contributed by atoms with van der Waals surface area (Å²) in [6.07, 6.45) is 0. The van der Waals surface area contributed by atoms with Crippen LogP contribution in [0.15, 0.2) is 108 Å². The molecule has 3 N–H and O–H groups in total. The zero-order valence-electron chi connectivity index (χ0n) is 20.4. The molecular formula is C29H27N3O3S2. The first-order valence-electron chi connectivity index (χ1n) is 11.5. The highest BCUT2D eigenvalue weighted by Gasteiger charge is 2.22. The van der Waals surface area contributed by atoms with E-state index in [0.29, 0.717) is 16.5 Å². The number of thioether (sulfide) groups is 1. The number of benzene rings is 4. The fourth-order valence-electron chi connectivity index (χ4n) is 3.60. The monoisotopic (exact) mass is 529 g/mol. The minimum atomic E-state index is -0.461. The molecule has 0 aliphatic rings. The molecule has 1 unspecified atom stereocenters. The van der Waals surface area contributed by atoms with Gasteiger partial charge in [0.25, 0.3) is 0 Å². The molecule has 6 nitrogen and oxygen atoms in total. The van der Waals surface area contributed by atoms with Gasteiger partial charge < -0.3 is 25.4 Å². The van der Waals surface area contributed by atoms with Crippen LogP contribution in [0, 0.1) is 0 Å². The number of thiocarbonyl (C=S) groups is 1. The van der Waals surface area contributed by atoms with Crippen molar-refractivity contribution in [2.24, 2.45) is 0 Å². The Balaban J connectivity index is 1.48. The maximum Gasteiger partial charge on any atom is 0.242 e. The Kier molecular flexibility index (Phi) is 9.02. The average Bonchev–Trinajstić information content (AvgIpc) is 2.93. The van der Waals surface area contributed by atoms with E-state index in [-0.39, 0.29) is 5.91 Å². The van der Waals surface area contributed by atoms with E-state index >= 15 is 0 Å². The second kappa shape index (κ2) is 12.8. The van der Waals surface area contributed by atoms with Gasteiger partial charge in [0.1, 0.15) is 16.7 Å². The molecule has 0 heterocycles. The highest BCUT2D eigenvalue weighted by atomic mass is 32.2. The van der Waals surface area contributed by atoms with Crippen LogP contribution in [0.2, 0.25) is 0 Å². The number of carbonyl (C=O) groups is 1. The van der Waals surface area contributed by atoms with Gasteiger partial charge in [-0.3, -0.25) is 4.79 Å². The van der Waals surface area contributed by atoms with Gasteiger partial charge in [0.2, 0.25) is 5.91 Å². The van der Waals surface area contributed by atoms with Crippen molar-refractivity contribution in [3.8, 4) is 11.5 Å². The summed E-state index contributed by atoms with van der Waals surface area (Å²) in [6, 6.07) is 32.4. The zero-order valence-corrected chi connectivity index (χ0v) is 22.1. The van der Waals surface area contributed by atoms with E-state index in [1.165, 1.54) is 11.8 Å². The number of anilines is 3. The van der Waals surface area contributed by atoms with Crippen molar-refractivity contribution >= 4 is 52.1 Å². The maximum absolute atomic E-state index is 13.4. The second-order valence-electron chi connectivity index (χ2n) is 7.93. The van der Waals surface area contributed by atoms with Crippen LogP contribution >= 0.6 is 24.0 Å². The molecule has 0 aliphatic carbocycles. The SMILES string of the molecule is COc1ccc(NC(=O)C(Sc2cccc(NC(=S)Nc3ccccc3OC)c2)c2ccccc2)cc1. The standard InChI is InChI=1S/C29H27N3O3S2/c1-34-23-17-15-21(16-18-23)30-28(33)27(20-9-4-3-5-10-20)37-24-12-8-11-22(19-24)31-29(36)32-25-13-6-7-14-26(25)35-2/h3-19,27H,1-2H3,(H,30,33)(H2,31,32,36). The highest BCUT2D eigenvalue weighted by Crippen LogP contribution is 2.37. The fraction of sp³-hybridized carbons (Fsp3) is 0.103. The Morgan fingerprint density at radius 3 is 2.22 bits per heavy atom. The molecule has 0 aromatic heterocycles. The minimum absolute atomic E-state index is 0.118. The molecule has 0 aliphatic heterocycles. The summed E-state index contributed by atoms with van der Waals surface area (Å²) < 4.78 is 10.6. The van der Waals surface area contributed by atoms with Gasteiger partial charge in [0.05, 0.1) is 19.9 Å². The van der Waals surface area contributed by atoms with Crippen LogP contribution in [-0.4, -0.2) is 25.2 Å². The first-order valence-corrected chi connectivity index (χ1v) is 12.8. The largest absolute Gasteiger partial charge is 0.497 e. The summed E-state index contributed by atoms with van der Waals surface area (Å²) in [4.78, 5) is 14.3. The fourth-order valence-corrected chi connectivity index (χ4v) is 4.91. The molecule has 37 heavy (non-hydrogen) atoms. The van der Waals surface area contributed by atoms with E-state index in [4.69, 9.17) is 21.7 Å². The zero-order chi connectivity index (χ0) is 26.0. The van der Waals surface area contributed by atoms with Crippen LogP contribution in [0.4, 0.5) is 17.1 Å². The van der Waals surface area contributed by atoms with Crippen molar-refractivity contribution in [3.05, 3.63) is 109 Å². The summed E-state index contributed by atoms with van der Waals surface area (Å²) in [6.45, 7) is 0. The van der Waals surface area contributed by atoms with Gasteiger partial charge in [0, 0.05) is 16.3 Å². The third kappa shape index (κ3) is 7.25. The number of hydrogen-bond donors (Lipinski definition) is 3. The number of methoxy groups -OCH3 is 2. The summed E-state index contributed by atoms with van der Waals surface area (Å²) in [7, 11) is 3.23. The molecule has 4 aromatic rings. The van der Waals surface area contributed by atoms with Crippen molar-refractivity contribution < 1.29 is 14.3 Å². The normalized spacial score (nSPS) is 11.2. The van der Waals surface area contributed by atoms with Crippen molar-refractivity contribution in [2.75, 3.05) is 30.2 Å². The first-order chi connectivity index (χ1) is 18.1. The molecule has 8 heteroatoms. The molecule has 1 atom stereocenters. The molecule has 0 fully saturated rings. The lowest BCUT2D eigenvalue weighted by Crippen LogP contribution is -2.20. The van der Waals surface area contributed by atoms with E-state index in [1.807, 2.05) is 103 Å². The van der Waals surface area contributed by atoms with E-state index in [2.05, 4.69) is 16.0 Å². The summed E-state index contributed by atoms with van der Waals surface area (Å²) in [5, 5.41) is 9.38. The summed E-state index contributed by atoms with van der Waals surface area (Å²) in [5.41, 5.74) is 3.19. The van der Waals surface area contributed by atoms with Crippen molar-refractivity contribution in [3.63, 3.8) is 0 Å². The third-order valence-electron chi connectivity index (χ3n) is 5.40. The number of nitrogens with one attached hydrogen (secondary N) is 3. The number of rotatable bonds is 9. The van der Waals surface area contributed by atoms with E-state index < -0.39 is 5.25 Å². The van der Waals surface area contributed by atoms with Crippen LogP contribution in [-0.2, 0) is 4.79 Å². The second-order valence-corrected chi connectivity index (χ2v) is 9.52. The van der Waals surface area contributed by atoms with Crippen LogP contribution in [0.25, 0.3) is 0 Å². The Bertz CT molecular complexity index is 1350. The van der Waals surface area contributed by atoms with E-state index in [0.717, 1.165) is 27.6 Å². The number of amides is 1. The lowest BCUT2D eigenvalue weighted by Gasteiger charge is -2.18. The predicted molar refractivity (Wildman–Crippen MR) is 156 cm³/mol. The Hall–Kier alpha value is -4.01. The average molecular weight is 530 g/mol. The lowest BCUT2D eigenvalue weighted by molar-refractivity contribution is -0.115. The molecule has 0 radical (unpaired) electrons. The molecule has 0 spiro atoms. The third-order valence-corrected chi connectivity index (χ3v) is 6.85. The molecule has 0 saturated carbocycles. The molecular weight excluding hydrogens is 502 g/mol. The Labute approximate surface area is 226 Å². The Morgan fingerprint density at radius 2 is 1.49 bits per heavy atom. The number of ether oxygens (including phenoxy) is 2. The van der Waals surface area contributed by atoms with Crippen molar-refractivity contribution in [2.45, 2.75) is 10.1 Å². The summed E-state index contributed by atoms with van der Waals surface area (Å²) in [5.74, 6) is 1.31. The summed E-state index contributed by atoms with van der Waals surface area (Å²) >= 11 is 6.98. The van der Waals surface area contributed by atoms with Gasteiger partial charge in [-0.15, -0.1) is 11.8 Å². The molecule has 1 amide bonds.